The van der Waals surface area contributed by atoms with Gasteiger partial charge in [0.25, 0.3) is 0 Å². The van der Waals surface area contributed by atoms with Crippen LogP contribution in [0, 0.1) is 0 Å². The Morgan fingerprint density at radius 3 is 2.53 bits per heavy atom. The summed E-state index contributed by atoms with van der Waals surface area (Å²) >= 11 is 0. The van der Waals surface area contributed by atoms with E-state index in [4.69, 9.17) is 0 Å². The molecule has 0 aromatic heterocycles. The zero-order valence-electron chi connectivity index (χ0n) is 10.1. The molecule has 0 aliphatic rings. The minimum Gasteiger partial charge on any atom is -0.0985 e. The third-order valence-corrected chi connectivity index (χ3v) is 2.77. The molecule has 0 amide bonds. The van der Waals surface area contributed by atoms with Crippen LogP contribution in [0.25, 0.3) is 6.08 Å². The molecule has 1 rings (SSSR count). The van der Waals surface area contributed by atoms with Gasteiger partial charge in [-0.05, 0) is 36.0 Å². The van der Waals surface area contributed by atoms with E-state index in [-0.39, 0.29) is 0 Å². The van der Waals surface area contributed by atoms with Crippen molar-refractivity contribution in [1.29, 1.82) is 0 Å². The lowest BCUT2D eigenvalue weighted by atomic mass is 9.98. The molecule has 1 aromatic rings. The van der Waals surface area contributed by atoms with Crippen LogP contribution in [-0.4, -0.2) is 0 Å². The Morgan fingerprint density at radius 1 is 1.13 bits per heavy atom. The second-order valence-corrected chi connectivity index (χ2v) is 4.09. The second kappa shape index (κ2) is 6.44. The van der Waals surface area contributed by atoms with Crippen LogP contribution in [0.15, 0.2) is 24.8 Å². The van der Waals surface area contributed by atoms with E-state index in [9.17, 15) is 0 Å². The van der Waals surface area contributed by atoms with Gasteiger partial charge in [0, 0.05) is 0 Å². The molecule has 0 heteroatoms. The van der Waals surface area contributed by atoms with Gasteiger partial charge in [0.2, 0.25) is 0 Å². The zero-order chi connectivity index (χ0) is 11.1. The Labute approximate surface area is 94.0 Å². The average Bonchev–Trinajstić information content (AvgIpc) is 2.27. The molecule has 0 unspecified atom stereocenters. The highest BCUT2D eigenvalue weighted by Gasteiger charge is 2.00. The lowest BCUT2D eigenvalue weighted by molar-refractivity contribution is 0.792. The predicted octanol–water partition coefficient (Wildman–Crippen LogP) is 4.62. The van der Waals surface area contributed by atoms with Gasteiger partial charge in [-0.1, -0.05) is 57.5 Å². The normalized spacial score (nSPS) is 10.3. The van der Waals surface area contributed by atoms with Gasteiger partial charge in [-0.25, -0.2) is 0 Å². The molecular weight excluding hydrogens is 180 g/mol. The standard InChI is InChI=1S/C15H22/c1-4-7-9-13-10-11-14(6-3)15(12-13)8-5-2/h6,10-12H,3-5,7-9H2,1-2H3. The van der Waals surface area contributed by atoms with Gasteiger partial charge in [-0.2, -0.15) is 0 Å². The minimum absolute atomic E-state index is 1.17. The molecule has 0 heterocycles. The predicted molar refractivity (Wildman–Crippen MR) is 69.1 cm³/mol. The molecule has 0 N–H and O–H groups in total. The van der Waals surface area contributed by atoms with Crippen LogP contribution in [-0.2, 0) is 12.8 Å². The first-order valence-corrected chi connectivity index (χ1v) is 6.06. The molecule has 0 atom stereocenters. The van der Waals surface area contributed by atoms with Gasteiger partial charge >= 0.3 is 0 Å². The number of hydrogen-bond acceptors (Lipinski definition) is 0. The van der Waals surface area contributed by atoms with Crippen molar-refractivity contribution in [3.05, 3.63) is 41.5 Å². The molecule has 0 radical (unpaired) electrons. The van der Waals surface area contributed by atoms with Crippen LogP contribution < -0.4 is 0 Å². The fourth-order valence-electron chi connectivity index (χ4n) is 1.88. The van der Waals surface area contributed by atoms with Crippen molar-refractivity contribution >= 4 is 6.08 Å². The van der Waals surface area contributed by atoms with Gasteiger partial charge < -0.3 is 0 Å². The molecule has 0 aliphatic heterocycles. The molecule has 0 saturated heterocycles. The Bertz CT molecular complexity index is 310. The van der Waals surface area contributed by atoms with Gasteiger partial charge in [-0.3, -0.25) is 0 Å². The first-order valence-electron chi connectivity index (χ1n) is 6.06. The van der Waals surface area contributed by atoms with Crippen LogP contribution in [0.2, 0.25) is 0 Å². The average molecular weight is 202 g/mol. The Morgan fingerprint density at radius 2 is 1.93 bits per heavy atom. The Balaban J connectivity index is 2.83. The summed E-state index contributed by atoms with van der Waals surface area (Å²) in [5, 5.41) is 0. The van der Waals surface area contributed by atoms with Crippen molar-refractivity contribution in [2.24, 2.45) is 0 Å². The Kier molecular flexibility index (Phi) is 5.17. The van der Waals surface area contributed by atoms with Crippen molar-refractivity contribution in [2.75, 3.05) is 0 Å². The monoisotopic (exact) mass is 202 g/mol. The van der Waals surface area contributed by atoms with Crippen molar-refractivity contribution in [1.82, 2.24) is 0 Å². The molecule has 15 heavy (non-hydrogen) atoms. The minimum atomic E-state index is 1.17. The number of unbranched alkanes of at least 4 members (excludes halogenated alkanes) is 1. The van der Waals surface area contributed by atoms with Crippen LogP contribution in [0.3, 0.4) is 0 Å². The summed E-state index contributed by atoms with van der Waals surface area (Å²) in [6, 6.07) is 6.81. The van der Waals surface area contributed by atoms with Crippen LogP contribution in [0.4, 0.5) is 0 Å². The maximum atomic E-state index is 3.87. The summed E-state index contributed by atoms with van der Waals surface area (Å²) in [5.74, 6) is 0. The topological polar surface area (TPSA) is 0 Å². The van der Waals surface area contributed by atoms with Crippen LogP contribution >= 0.6 is 0 Å². The molecule has 0 spiro atoms. The highest BCUT2D eigenvalue weighted by molar-refractivity contribution is 5.53. The van der Waals surface area contributed by atoms with E-state index in [1.54, 1.807) is 0 Å². The van der Waals surface area contributed by atoms with Crippen LogP contribution in [0.1, 0.15) is 49.8 Å². The van der Waals surface area contributed by atoms with Gasteiger partial charge in [0.1, 0.15) is 0 Å². The highest BCUT2D eigenvalue weighted by atomic mass is 14.1. The van der Waals surface area contributed by atoms with Gasteiger partial charge in [-0.15, -0.1) is 0 Å². The molecule has 1 aromatic carbocycles. The molecule has 82 valence electrons. The van der Waals surface area contributed by atoms with Crippen molar-refractivity contribution in [3.63, 3.8) is 0 Å². The third-order valence-electron chi connectivity index (χ3n) is 2.77. The number of benzene rings is 1. The Hall–Kier alpha value is -1.04. The molecule has 0 aliphatic carbocycles. The molecule has 0 bridgehead atoms. The number of aryl methyl sites for hydroxylation is 2. The lowest BCUT2D eigenvalue weighted by Crippen LogP contribution is -1.92. The summed E-state index contributed by atoms with van der Waals surface area (Å²) in [4.78, 5) is 0. The first kappa shape index (κ1) is 12.0. The van der Waals surface area contributed by atoms with Gasteiger partial charge in [0.15, 0.2) is 0 Å². The van der Waals surface area contributed by atoms with E-state index in [2.05, 4.69) is 38.6 Å². The molecule has 0 saturated carbocycles. The van der Waals surface area contributed by atoms with E-state index in [0.717, 1.165) is 0 Å². The van der Waals surface area contributed by atoms with Crippen molar-refractivity contribution < 1.29 is 0 Å². The van der Waals surface area contributed by atoms with Crippen molar-refractivity contribution in [2.45, 2.75) is 46.0 Å². The maximum absolute atomic E-state index is 3.87. The van der Waals surface area contributed by atoms with E-state index in [1.165, 1.54) is 48.8 Å². The lowest BCUT2D eigenvalue weighted by Gasteiger charge is -2.08. The van der Waals surface area contributed by atoms with Crippen molar-refractivity contribution in [3.8, 4) is 0 Å². The first-order chi connectivity index (χ1) is 7.31. The van der Waals surface area contributed by atoms with Gasteiger partial charge in [0.05, 0.1) is 0 Å². The second-order valence-electron chi connectivity index (χ2n) is 4.09. The zero-order valence-corrected chi connectivity index (χ0v) is 10.1. The highest BCUT2D eigenvalue weighted by Crippen LogP contribution is 2.16. The fourth-order valence-corrected chi connectivity index (χ4v) is 1.88. The maximum Gasteiger partial charge on any atom is -0.0230 e. The largest absolute Gasteiger partial charge is 0.0985 e. The molecule has 0 fully saturated rings. The molecular formula is C15H22. The quantitative estimate of drug-likeness (QED) is 0.631. The third kappa shape index (κ3) is 3.54. The summed E-state index contributed by atoms with van der Waals surface area (Å²) in [7, 11) is 0. The van der Waals surface area contributed by atoms with E-state index < -0.39 is 0 Å². The summed E-state index contributed by atoms with van der Waals surface area (Å²) in [6.07, 6.45) is 8.12. The smallest absolute Gasteiger partial charge is 0.0230 e. The molecule has 0 nitrogen and oxygen atoms in total. The van der Waals surface area contributed by atoms with E-state index in [1.807, 2.05) is 6.08 Å². The fraction of sp³-hybridized carbons (Fsp3) is 0.467. The summed E-state index contributed by atoms with van der Waals surface area (Å²) < 4.78 is 0. The van der Waals surface area contributed by atoms with Crippen LogP contribution in [0.5, 0.6) is 0 Å². The SMILES string of the molecule is C=Cc1ccc(CCCC)cc1CCC. The number of hydrogen-bond donors (Lipinski definition) is 0. The number of rotatable bonds is 6. The summed E-state index contributed by atoms with van der Waals surface area (Å²) in [6.45, 7) is 8.33. The van der Waals surface area contributed by atoms with E-state index >= 15 is 0 Å². The van der Waals surface area contributed by atoms with E-state index in [0.29, 0.717) is 0 Å². The summed E-state index contributed by atoms with van der Waals surface area (Å²) in [5.41, 5.74) is 4.24.